The summed E-state index contributed by atoms with van der Waals surface area (Å²) in [7, 11) is 0. The number of unbranched alkanes of at least 4 members (excludes halogenated alkanes) is 1. The van der Waals surface area contributed by atoms with Gasteiger partial charge < -0.3 is 4.74 Å². The highest BCUT2D eigenvalue weighted by molar-refractivity contribution is 5.32. The molecule has 1 aliphatic rings. The molecule has 3 heteroatoms. The van der Waals surface area contributed by atoms with Crippen molar-refractivity contribution >= 4 is 0 Å². The van der Waals surface area contributed by atoms with Crippen molar-refractivity contribution in [1.82, 2.24) is 4.90 Å². The molecular weight excluding hydrogens is 236 g/mol. The maximum Gasteiger partial charge on any atom is 0.0954 e. The van der Waals surface area contributed by atoms with Crippen LogP contribution >= 0.6 is 0 Å². The van der Waals surface area contributed by atoms with E-state index in [0.717, 1.165) is 32.7 Å². The molecule has 2 rings (SSSR count). The summed E-state index contributed by atoms with van der Waals surface area (Å²) >= 11 is 0. The number of benzene rings is 1. The maximum atomic E-state index is 8.59. The lowest BCUT2D eigenvalue weighted by molar-refractivity contribution is -0.0303. The molecule has 102 valence electrons. The van der Waals surface area contributed by atoms with Crippen molar-refractivity contribution in [3.05, 3.63) is 34.9 Å². The molecular formula is C16H22N2O. The molecule has 1 saturated heterocycles. The monoisotopic (exact) mass is 258 g/mol. The molecule has 0 saturated carbocycles. The molecule has 1 unspecified atom stereocenters. The fraction of sp³-hybridized carbons (Fsp3) is 0.562. The Labute approximate surface area is 115 Å². The second-order valence-corrected chi connectivity index (χ2v) is 5.28. The van der Waals surface area contributed by atoms with Gasteiger partial charge in [0.1, 0.15) is 0 Å². The molecule has 0 aliphatic carbocycles. The predicted molar refractivity (Wildman–Crippen MR) is 75.9 cm³/mol. The summed E-state index contributed by atoms with van der Waals surface area (Å²) in [5, 5.41) is 8.59. The molecule has 0 spiro atoms. The van der Waals surface area contributed by atoms with E-state index >= 15 is 0 Å². The minimum atomic E-state index is 0.177. The van der Waals surface area contributed by atoms with Gasteiger partial charge in [0.25, 0.3) is 0 Å². The Hall–Kier alpha value is -1.37. The van der Waals surface area contributed by atoms with Crippen molar-refractivity contribution in [2.24, 2.45) is 0 Å². The summed E-state index contributed by atoms with van der Waals surface area (Å²) in [6.07, 6.45) is 1.78. The second kappa shape index (κ2) is 6.70. The highest BCUT2D eigenvalue weighted by Gasteiger charge is 2.22. The molecule has 0 N–H and O–H groups in total. The molecule has 0 bridgehead atoms. The molecule has 1 aromatic rings. The van der Waals surface area contributed by atoms with Crippen molar-refractivity contribution in [3.8, 4) is 6.07 Å². The van der Waals surface area contributed by atoms with Crippen LogP contribution in [0.5, 0.6) is 0 Å². The molecule has 3 nitrogen and oxygen atoms in total. The average molecular weight is 258 g/mol. The van der Waals surface area contributed by atoms with E-state index in [4.69, 9.17) is 10.00 Å². The first-order valence-electron chi connectivity index (χ1n) is 6.99. The summed E-state index contributed by atoms with van der Waals surface area (Å²) in [6, 6.07) is 8.76. The van der Waals surface area contributed by atoms with Gasteiger partial charge in [-0.2, -0.15) is 5.26 Å². The smallest absolute Gasteiger partial charge is 0.0954 e. The number of nitrogens with zero attached hydrogens (tertiary/aromatic N) is 2. The van der Waals surface area contributed by atoms with Crippen LogP contribution in [0.3, 0.4) is 0 Å². The first-order valence-corrected chi connectivity index (χ1v) is 6.99. The van der Waals surface area contributed by atoms with Crippen molar-refractivity contribution in [3.63, 3.8) is 0 Å². The van der Waals surface area contributed by atoms with E-state index in [1.807, 2.05) is 0 Å². The van der Waals surface area contributed by atoms with E-state index < -0.39 is 0 Å². The van der Waals surface area contributed by atoms with Gasteiger partial charge in [-0.15, -0.1) is 0 Å². The van der Waals surface area contributed by atoms with E-state index in [-0.39, 0.29) is 6.10 Å². The highest BCUT2D eigenvalue weighted by Crippen LogP contribution is 2.25. The van der Waals surface area contributed by atoms with Gasteiger partial charge in [-0.1, -0.05) is 23.8 Å². The van der Waals surface area contributed by atoms with Gasteiger partial charge >= 0.3 is 0 Å². The summed E-state index contributed by atoms with van der Waals surface area (Å²) < 4.78 is 5.91. The zero-order valence-corrected chi connectivity index (χ0v) is 11.9. The third kappa shape index (κ3) is 3.79. The third-order valence-electron chi connectivity index (χ3n) is 3.69. The van der Waals surface area contributed by atoms with Crippen LogP contribution in [0.15, 0.2) is 18.2 Å². The molecule has 19 heavy (non-hydrogen) atoms. The number of hydrogen-bond acceptors (Lipinski definition) is 3. The summed E-state index contributed by atoms with van der Waals surface area (Å²) in [5.41, 5.74) is 3.90. The van der Waals surface area contributed by atoms with Crippen LogP contribution in [-0.2, 0) is 4.74 Å². The van der Waals surface area contributed by atoms with Gasteiger partial charge in [-0.05, 0) is 37.9 Å². The predicted octanol–water partition coefficient (Wildman–Crippen LogP) is 2.98. The Morgan fingerprint density at radius 3 is 3.00 bits per heavy atom. The normalized spacial score (nSPS) is 20.2. The number of ether oxygens (including phenoxy) is 1. The Kier molecular flexibility index (Phi) is 4.95. The molecule has 1 atom stereocenters. The molecule has 0 aromatic heterocycles. The van der Waals surface area contributed by atoms with Gasteiger partial charge in [-0.25, -0.2) is 0 Å². The number of morpholine rings is 1. The standard InChI is InChI=1S/C16H22N2O/c1-13-5-6-15(14(2)11-13)16-12-18(9-10-19-16)8-4-3-7-17/h5-6,11,16H,3-4,8-10,12H2,1-2H3. The lowest BCUT2D eigenvalue weighted by Crippen LogP contribution is -2.39. The van der Waals surface area contributed by atoms with Crippen molar-refractivity contribution < 1.29 is 4.74 Å². The Morgan fingerprint density at radius 2 is 2.26 bits per heavy atom. The molecule has 0 radical (unpaired) electrons. The molecule has 1 aliphatic heterocycles. The van der Waals surface area contributed by atoms with Crippen LogP contribution in [0.1, 0.15) is 35.6 Å². The minimum absolute atomic E-state index is 0.177. The van der Waals surface area contributed by atoms with E-state index in [2.05, 4.69) is 43.0 Å². The number of nitriles is 1. The highest BCUT2D eigenvalue weighted by atomic mass is 16.5. The van der Waals surface area contributed by atoms with Crippen molar-refractivity contribution in [2.45, 2.75) is 32.8 Å². The van der Waals surface area contributed by atoms with E-state index in [9.17, 15) is 0 Å². The largest absolute Gasteiger partial charge is 0.371 e. The van der Waals surface area contributed by atoms with Crippen LogP contribution in [0.2, 0.25) is 0 Å². The average Bonchev–Trinajstić information content (AvgIpc) is 2.39. The van der Waals surface area contributed by atoms with Crippen LogP contribution in [0, 0.1) is 25.2 Å². The van der Waals surface area contributed by atoms with Gasteiger partial charge in [0.15, 0.2) is 0 Å². The third-order valence-corrected chi connectivity index (χ3v) is 3.69. The lowest BCUT2D eigenvalue weighted by atomic mass is 10.00. The lowest BCUT2D eigenvalue weighted by Gasteiger charge is -2.33. The molecule has 1 fully saturated rings. The van der Waals surface area contributed by atoms with Crippen LogP contribution in [-0.4, -0.2) is 31.1 Å². The number of hydrogen-bond donors (Lipinski definition) is 0. The fourth-order valence-electron chi connectivity index (χ4n) is 2.66. The molecule has 0 amide bonds. The van der Waals surface area contributed by atoms with E-state index in [1.54, 1.807) is 0 Å². The fourth-order valence-corrected chi connectivity index (χ4v) is 2.66. The topological polar surface area (TPSA) is 36.3 Å². The number of aryl methyl sites for hydroxylation is 2. The zero-order valence-electron chi connectivity index (χ0n) is 11.9. The quantitative estimate of drug-likeness (QED) is 0.779. The first kappa shape index (κ1) is 14.0. The van der Waals surface area contributed by atoms with Crippen LogP contribution < -0.4 is 0 Å². The molecule has 1 aromatic carbocycles. The van der Waals surface area contributed by atoms with Gasteiger partial charge in [-0.3, -0.25) is 4.90 Å². The van der Waals surface area contributed by atoms with Crippen LogP contribution in [0.25, 0.3) is 0 Å². The Morgan fingerprint density at radius 1 is 1.42 bits per heavy atom. The van der Waals surface area contributed by atoms with E-state index in [0.29, 0.717) is 6.42 Å². The number of rotatable bonds is 4. The van der Waals surface area contributed by atoms with Gasteiger partial charge in [0.05, 0.1) is 18.8 Å². The van der Waals surface area contributed by atoms with Crippen LogP contribution in [0.4, 0.5) is 0 Å². The van der Waals surface area contributed by atoms with Gasteiger partial charge in [0.2, 0.25) is 0 Å². The van der Waals surface area contributed by atoms with Crippen molar-refractivity contribution in [2.75, 3.05) is 26.2 Å². The summed E-state index contributed by atoms with van der Waals surface area (Å²) in [6.45, 7) is 7.97. The molecule has 1 heterocycles. The maximum absolute atomic E-state index is 8.59. The first-order chi connectivity index (χ1) is 9.20. The van der Waals surface area contributed by atoms with Crippen molar-refractivity contribution in [1.29, 1.82) is 5.26 Å². The van der Waals surface area contributed by atoms with E-state index in [1.165, 1.54) is 16.7 Å². The summed E-state index contributed by atoms with van der Waals surface area (Å²) in [5.74, 6) is 0. The van der Waals surface area contributed by atoms with Gasteiger partial charge in [0, 0.05) is 19.5 Å². The Balaban J connectivity index is 1.98. The summed E-state index contributed by atoms with van der Waals surface area (Å²) in [4.78, 5) is 2.41. The zero-order chi connectivity index (χ0) is 13.7. The Bertz CT molecular complexity index is 464. The second-order valence-electron chi connectivity index (χ2n) is 5.28. The minimum Gasteiger partial charge on any atom is -0.371 e. The SMILES string of the molecule is Cc1ccc(C2CN(CCCC#N)CCO2)c(C)c1.